The van der Waals surface area contributed by atoms with Crippen LogP contribution in [0.15, 0.2) is 24.5 Å². The van der Waals surface area contributed by atoms with Gasteiger partial charge in [0.15, 0.2) is 0 Å². The van der Waals surface area contributed by atoms with E-state index < -0.39 is 0 Å². The summed E-state index contributed by atoms with van der Waals surface area (Å²) in [7, 11) is 0. The van der Waals surface area contributed by atoms with Gasteiger partial charge < -0.3 is 10.6 Å². The Kier molecular flexibility index (Phi) is 7.60. The first-order chi connectivity index (χ1) is 9.74. The summed E-state index contributed by atoms with van der Waals surface area (Å²) in [5, 5.41) is 0. The number of fused-ring (bicyclic) bond motifs is 1. The number of aromatic nitrogens is 1. The van der Waals surface area contributed by atoms with Gasteiger partial charge >= 0.3 is 0 Å². The molecule has 4 nitrogen and oxygen atoms in total. The van der Waals surface area contributed by atoms with Crippen molar-refractivity contribution in [3.8, 4) is 0 Å². The maximum Gasteiger partial charge on any atom is 0.222 e. The van der Waals surface area contributed by atoms with Gasteiger partial charge in [0, 0.05) is 37.9 Å². The monoisotopic (exact) mass is 345 g/mol. The fourth-order valence-corrected chi connectivity index (χ4v) is 3.68. The lowest BCUT2D eigenvalue weighted by Crippen LogP contribution is -2.38. The number of aryl methyl sites for hydroxylation is 1. The van der Waals surface area contributed by atoms with Gasteiger partial charge in [-0.3, -0.25) is 9.78 Å². The predicted molar refractivity (Wildman–Crippen MR) is 92.4 cm³/mol. The molecule has 0 spiro atoms. The van der Waals surface area contributed by atoms with Crippen molar-refractivity contribution < 1.29 is 4.79 Å². The van der Waals surface area contributed by atoms with Gasteiger partial charge in [0.25, 0.3) is 0 Å². The van der Waals surface area contributed by atoms with E-state index in [1.165, 1.54) is 18.4 Å². The molecule has 3 unspecified atom stereocenters. The second-order valence-electron chi connectivity index (χ2n) is 6.17. The number of nitrogens with zero attached hydrogens (tertiary/aromatic N) is 2. The van der Waals surface area contributed by atoms with Gasteiger partial charge in [-0.2, -0.15) is 0 Å². The van der Waals surface area contributed by atoms with Crippen molar-refractivity contribution in [1.29, 1.82) is 0 Å². The second-order valence-corrected chi connectivity index (χ2v) is 6.17. The topological polar surface area (TPSA) is 59.2 Å². The minimum Gasteiger partial charge on any atom is -0.342 e. The fourth-order valence-electron chi connectivity index (χ4n) is 3.68. The summed E-state index contributed by atoms with van der Waals surface area (Å²) in [6.45, 7) is 1.80. The summed E-state index contributed by atoms with van der Waals surface area (Å²) in [6, 6.07) is 4.26. The van der Waals surface area contributed by atoms with E-state index in [1.807, 2.05) is 17.0 Å². The Hall–Kier alpha value is -0.840. The molecule has 0 aromatic carbocycles. The first kappa shape index (κ1) is 19.2. The first-order valence-corrected chi connectivity index (χ1v) is 7.66. The molecule has 3 rings (SSSR count). The van der Waals surface area contributed by atoms with E-state index in [4.69, 9.17) is 5.73 Å². The SMILES string of the molecule is Cl.Cl.NC1CCCC2CN(C(=O)CCc3ccncc3)CC12. The number of rotatable bonds is 3. The standard InChI is InChI=1S/C16H23N3O.2ClH/c17-15-3-1-2-13-10-19(11-14(13)15)16(20)5-4-12-6-8-18-9-7-12;;/h6-9,13-15H,1-5,10-11,17H2;2*1H. The molecule has 1 saturated carbocycles. The molecule has 1 aromatic heterocycles. The highest BCUT2D eigenvalue weighted by Gasteiger charge is 2.39. The molecule has 124 valence electrons. The van der Waals surface area contributed by atoms with Crippen LogP contribution < -0.4 is 5.73 Å². The summed E-state index contributed by atoms with van der Waals surface area (Å²) in [6.07, 6.45) is 8.55. The zero-order valence-corrected chi connectivity index (χ0v) is 14.3. The fraction of sp³-hybridized carbons (Fsp3) is 0.625. The van der Waals surface area contributed by atoms with Crippen molar-refractivity contribution in [3.05, 3.63) is 30.1 Å². The zero-order valence-electron chi connectivity index (χ0n) is 12.7. The van der Waals surface area contributed by atoms with Gasteiger partial charge in [0.2, 0.25) is 5.91 Å². The van der Waals surface area contributed by atoms with Crippen LogP contribution in [-0.4, -0.2) is 34.9 Å². The molecule has 1 aromatic rings. The van der Waals surface area contributed by atoms with E-state index in [-0.39, 0.29) is 30.7 Å². The lowest BCUT2D eigenvalue weighted by atomic mass is 9.78. The number of likely N-dealkylation sites (tertiary alicyclic amines) is 1. The maximum absolute atomic E-state index is 12.3. The van der Waals surface area contributed by atoms with Crippen LogP contribution in [0.4, 0.5) is 0 Å². The molecule has 2 aliphatic rings. The Bertz CT molecular complexity index is 472. The highest BCUT2D eigenvalue weighted by atomic mass is 35.5. The molecule has 0 radical (unpaired) electrons. The van der Waals surface area contributed by atoms with Crippen molar-refractivity contribution >= 4 is 30.7 Å². The van der Waals surface area contributed by atoms with E-state index in [9.17, 15) is 4.79 Å². The van der Waals surface area contributed by atoms with Crippen molar-refractivity contribution in [1.82, 2.24) is 9.88 Å². The van der Waals surface area contributed by atoms with E-state index in [0.717, 1.165) is 25.9 Å². The third kappa shape index (κ3) is 4.34. The lowest BCUT2D eigenvalue weighted by molar-refractivity contribution is -0.130. The van der Waals surface area contributed by atoms with Crippen molar-refractivity contribution in [2.24, 2.45) is 17.6 Å². The lowest BCUT2D eigenvalue weighted by Gasteiger charge is -2.29. The van der Waals surface area contributed by atoms with Gasteiger partial charge in [0.1, 0.15) is 0 Å². The average Bonchev–Trinajstić information content (AvgIpc) is 2.91. The van der Waals surface area contributed by atoms with E-state index in [2.05, 4.69) is 4.98 Å². The molecule has 2 N–H and O–H groups in total. The highest BCUT2D eigenvalue weighted by Crippen LogP contribution is 2.35. The van der Waals surface area contributed by atoms with Gasteiger partial charge in [-0.25, -0.2) is 0 Å². The van der Waals surface area contributed by atoms with Crippen molar-refractivity contribution in [2.45, 2.75) is 38.1 Å². The summed E-state index contributed by atoms with van der Waals surface area (Å²) in [4.78, 5) is 18.4. The van der Waals surface area contributed by atoms with Crippen LogP contribution in [0.25, 0.3) is 0 Å². The Balaban J connectivity index is 0.00000121. The molecular formula is C16H25Cl2N3O. The Labute approximate surface area is 144 Å². The van der Waals surface area contributed by atoms with Crippen LogP contribution in [0.1, 0.15) is 31.2 Å². The number of nitrogens with two attached hydrogens (primary N) is 1. The third-order valence-electron chi connectivity index (χ3n) is 4.88. The summed E-state index contributed by atoms with van der Waals surface area (Å²) >= 11 is 0. The third-order valence-corrected chi connectivity index (χ3v) is 4.88. The molecule has 2 fully saturated rings. The van der Waals surface area contributed by atoms with Crippen molar-refractivity contribution in [2.75, 3.05) is 13.1 Å². The molecule has 3 atom stereocenters. The first-order valence-electron chi connectivity index (χ1n) is 7.66. The number of carbonyl (C=O) groups is 1. The number of hydrogen-bond acceptors (Lipinski definition) is 3. The molecule has 6 heteroatoms. The van der Waals surface area contributed by atoms with Crippen LogP contribution in [0.5, 0.6) is 0 Å². The van der Waals surface area contributed by atoms with Crippen molar-refractivity contribution in [3.63, 3.8) is 0 Å². The van der Waals surface area contributed by atoms with E-state index in [1.54, 1.807) is 12.4 Å². The number of hydrogen-bond donors (Lipinski definition) is 1. The zero-order chi connectivity index (χ0) is 13.9. The molecule has 22 heavy (non-hydrogen) atoms. The Morgan fingerprint density at radius 3 is 2.64 bits per heavy atom. The van der Waals surface area contributed by atoms with E-state index >= 15 is 0 Å². The van der Waals surface area contributed by atoms with Gasteiger partial charge in [-0.15, -0.1) is 24.8 Å². The molecule has 1 aliphatic heterocycles. The largest absolute Gasteiger partial charge is 0.342 e. The Morgan fingerprint density at radius 2 is 1.95 bits per heavy atom. The smallest absolute Gasteiger partial charge is 0.222 e. The van der Waals surface area contributed by atoms with Crippen LogP contribution in [0.2, 0.25) is 0 Å². The summed E-state index contributed by atoms with van der Waals surface area (Å²) in [5.74, 6) is 1.46. The van der Waals surface area contributed by atoms with E-state index in [0.29, 0.717) is 24.3 Å². The molecule has 0 bridgehead atoms. The molecule has 1 aliphatic carbocycles. The molecule has 1 saturated heterocycles. The summed E-state index contributed by atoms with van der Waals surface area (Å²) in [5.41, 5.74) is 7.38. The second kappa shape index (κ2) is 8.70. The molecule has 2 heterocycles. The van der Waals surface area contributed by atoms with Crippen LogP contribution in [0, 0.1) is 11.8 Å². The minimum absolute atomic E-state index is 0. The van der Waals surface area contributed by atoms with Crippen LogP contribution in [0.3, 0.4) is 0 Å². The number of pyridine rings is 1. The summed E-state index contributed by atoms with van der Waals surface area (Å²) < 4.78 is 0. The average molecular weight is 346 g/mol. The van der Waals surface area contributed by atoms with Gasteiger partial charge in [-0.05, 0) is 48.8 Å². The quantitative estimate of drug-likeness (QED) is 0.915. The molecule has 1 amide bonds. The molecular weight excluding hydrogens is 321 g/mol. The van der Waals surface area contributed by atoms with Gasteiger partial charge in [0.05, 0.1) is 0 Å². The highest BCUT2D eigenvalue weighted by molar-refractivity contribution is 5.85. The minimum atomic E-state index is 0. The number of halogens is 2. The van der Waals surface area contributed by atoms with Crippen LogP contribution >= 0.6 is 24.8 Å². The number of amides is 1. The maximum atomic E-state index is 12.3. The van der Waals surface area contributed by atoms with Crippen LogP contribution in [-0.2, 0) is 11.2 Å². The Morgan fingerprint density at radius 1 is 1.23 bits per heavy atom. The number of carbonyl (C=O) groups excluding carboxylic acids is 1. The predicted octanol–water partition coefficient (Wildman–Crippen LogP) is 2.44. The normalized spacial score (nSPS) is 26.6. The van der Waals surface area contributed by atoms with Gasteiger partial charge in [-0.1, -0.05) is 6.42 Å².